The Morgan fingerprint density at radius 1 is 1.00 bits per heavy atom. The number of benzene rings is 2. The van der Waals surface area contributed by atoms with Crippen molar-refractivity contribution in [1.82, 2.24) is 4.98 Å². The third kappa shape index (κ3) is 4.70. The van der Waals surface area contributed by atoms with Crippen molar-refractivity contribution in [2.75, 3.05) is 11.1 Å². The summed E-state index contributed by atoms with van der Waals surface area (Å²) in [5.41, 5.74) is 2.10. The number of para-hydroxylation sites is 2. The average Bonchev–Trinajstić information content (AvgIpc) is 2.65. The predicted octanol–water partition coefficient (Wildman–Crippen LogP) is 4.95. The molecule has 0 radical (unpaired) electrons. The number of nitrogens with one attached hydrogen (secondary N) is 1. The number of hydrogen-bond acceptors (Lipinski definition) is 4. The van der Waals surface area contributed by atoms with Crippen LogP contribution in [0.4, 0.5) is 5.69 Å². The molecule has 0 aliphatic heterocycles. The third-order valence-corrected chi connectivity index (χ3v) is 4.97. The lowest BCUT2D eigenvalue weighted by atomic mass is 10.1. The van der Waals surface area contributed by atoms with Gasteiger partial charge in [0.15, 0.2) is 5.78 Å². The molecule has 3 aromatic rings. The van der Waals surface area contributed by atoms with E-state index in [1.807, 2.05) is 36.4 Å². The second kappa shape index (κ2) is 8.63. The van der Waals surface area contributed by atoms with Crippen LogP contribution in [0.15, 0.2) is 65.7 Å². The van der Waals surface area contributed by atoms with Crippen LogP contribution in [0.25, 0.3) is 10.9 Å². The predicted molar refractivity (Wildman–Crippen MR) is 107 cm³/mol. The molecule has 0 fully saturated rings. The van der Waals surface area contributed by atoms with Crippen molar-refractivity contribution in [3.63, 3.8) is 0 Å². The van der Waals surface area contributed by atoms with E-state index >= 15 is 0 Å². The molecule has 0 saturated carbocycles. The molecule has 26 heavy (non-hydrogen) atoms. The first-order valence-electron chi connectivity index (χ1n) is 8.52. The first-order chi connectivity index (χ1) is 12.6. The Bertz CT molecular complexity index is 940. The summed E-state index contributed by atoms with van der Waals surface area (Å²) in [5.74, 6) is 0.678. The van der Waals surface area contributed by atoms with Gasteiger partial charge in [0.1, 0.15) is 0 Å². The highest BCUT2D eigenvalue weighted by molar-refractivity contribution is 7.99. The number of carbonyl (C=O) groups is 2. The number of nitrogens with zero attached hydrogens (tertiary/aromatic N) is 1. The highest BCUT2D eigenvalue weighted by Crippen LogP contribution is 2.21. The fourth-order valence-corrected chi connectivity index (χ4v) is 3.47. The van der Waals surface area contributed by atoms with Gasteiger partial charge in [-0.1, -0.05) is 36.4 Å². The van der Waals surface area contributed by atoms with Gasteiger partial charge in [-0.3, -0.25) is 9.59 Å². The van der Waals surface area contributed by atoms with E-state index in [9.17, 15) is 9.59 Å². The number of aromatic nitrogens is 1. The van der Waals surface area contributed by atoms with Gasteiger partial charge in [-0.15, -0.1) is 11.8 Å². The van der Waals surface area contributed by atoms with E-state index < -0.39 is 0 Å². The standard InChI is InChI=1S/C21H20N2O2S/c1-15(24)17-8-3-5-10-19(17)22-20(25)11-6-14-26-21-13-12-16-7-2-4-9-18(16)23-21/h2-5,7-10,12-13H,6,11,14H2,1H3,(H,22,25). The average molecular weight is 364 g/mol. The zero-order valence-electron chi connectivity index (χ0n) is 14.6. The van der Waals surface area contributed by atoms with E-state index in [2.05, 4.69) is 16.4 Å². The molecule has 1 N–H and O–H groups in total. The maximum Gasteiger partial charge on any atom is 0.224 e. The zero-order chi connectivity index (χ0) is 18.4. The summed E-state index contributed by atoms with van der Waals surface area (Å²) in [6.45, 7) is 1.50. The molecule has 0 bridgehead atoms. The van der Waals surface area contributed by atoms with Crippen LogP contribution >= 0.6 is 11.8 Å². The first-order valence-corrected chi connectivity index (χ1v) is 9.50. The molecule has 1 amide bonds. The quantitative estimate of drug-likeness (QED) is 0.366. The van der Waals surface area contributed by atoms with Gasteiger partial charge < -0.3 is 5.32 Å². The summed E-state index contributed by atoms with van der Waals surface area (Å²) in [6, 6.07) is 19.2. The molecule has 132 valence electrons. The minimum absolute atomic E-state index is 0.0566. The molecule has 0 atom stereocenters. The molecule has 0 spiro atoms. The van der Waals surface area contributed by atoms with Gasteiger partial charge in [0.25, 0.3) is 0 Å². The van der Waals surface area contributed by atoms with E-state index in [-0.39, 0.29) is 11.7 Å². The number of Topliss-reactive ketones (excluding diaryl/α,β-unsaturated/α-hetero) is 1. The number of ketones is 1. The van der Waals surface area contributed by atoms with Crippen LogP contribution in [0.1, 0.15) is 30.1 Å². The van der Waals surface area contributed by atoms with E-state index in [1.165, 1.54) is 6.92 Å². The highest BCUT2D eigenvalue weighted by Gasteiger charge is 2.09. The van der Waals surface area contributed by atoms with E-state index in [4.69, 9.17) is 0 Å². The number of pyridine rings is 1. The highest BCUT2D eigenvalue weighted by atomic mass is 32.2. The Labute approximate surface area is 157 Å². The number of carbonyl (C=O) groups excluding carboxylic acids is 2. The van der Waals surface area contributed by atoms with Crippen LogP contribution in [0, 0.1) is 0 Å². The molecular formula is C21H20N2O2S. The molecule has 1 heterocycles. The van der Waals surface area contributed by atoms with Gasteiger partial charge in [-0.2, -0.15) is 0 Å². The summed E-state index contributed by atoms with van der Waals surface area (Å²) < 4.78 is 0. The summed E-state index contributed by atoms with van der Waals surface area (Å²) in [4.78, 5) is 28.3. The zero-order valence-corrected chi connectivity index (χ0v) is 15.4. The Kier molecular flexibility index (Phi) is 6.02. The summed E-state index contributed by atoms with van der Waals surface area (Å²) in [6.07, 6.45) is 1.15. The lowest BCUT2D eigenvalue weighted by Gasteiger charge is -2.09. The summed E-state index contributed by atoms with van der Waals surface area (Å²) in [7, 11) is 0. The first kappa shape index (κ1) is 18.1. The van der Waals surface area contributed by atoms with Gasteiger partial charge in [0.05, 0.1) is 16.2 Å². The van der Waals surface area contributed by atoms with E-state index in [0.29, 0.717) is 17.7 Å². The number of thioether (sulfide) groups is 1. The Morgan fingerprint density at radius 2 is 1.77 bits per heavy atom. The number of fused-ring (bicyclic) bond motifs is 1. The molecule has 0 saturated heterocycles. The third-order valence-electron chi connectivity index (χ3n) is 3.95. The van der Waals surface area contributed by atoms with Gasteiger partial charge in [0.2, 0.25) is 5.91 Å². The topological polar surface area (TPSA) is 59.1 Å². The number of rotatable bonds is 7. The van der Waals surface area contributed by atoms with Gasteiger partial charge >= 0.3 is 0 Å². The second-order valence-corrected chi connectivity index (χ2v) is 7.06. The van der Waals surface area contributed by atoms with Crippen molar-refractivity contribution in [3.8, 4) is 0 Å². The monoisotopic (exact) mass is 364 g/mol. The molecule has 5 heteroatoms. The second-order valence-electron chi connectivity index (χ2n) is 5.94. The van der Waals surface area contributed by atoms with Crippen LogP contribution in [-0.2, 0) is 4.79 Å². The van der Waals surface area contributed by atoms with Crippen molar-refractivity contribution >= 4 is 40.0 Å². The fraction of sp³-hybridized carbons (Fsp3) is 0.190. The minimum atomic E-state index is -0.0780. The molecule has 3 rings (SSSR count). The molecule has 0 aliphatic rings. The normalized spacial score (nSPS) is 10.7. The largest absolute Gasteiger partial charge is 0.325 e. The Hall–Kier alpha value is -2.66. The molecule has 4 nitrogen and oxygen atoms in total. The van der Waals surface area contributed by atoms with Crippen LogP contribution in [-0.4, -0.2) is 22.4 Å². The van der Waals surface area contributed by atoms with Crippen molar-refractivity contribution in [2.24, 2.45) is 0 Å². The van der Waals surface area contributed by atoms with Crippen LogP contribution in [0.5, 0.6) is 0 Å². The van der Waals surface area contributed by atoms with Crippen molar-refractivity contribution < 1.29 is 9.59 Å². The maximum atomic E-state index is 12.1. The lowest BCUT2D eigenvalue weighted by Crippen LogP contribution is -2.13. The fourth-order valence-electron chi connectivity index (χ4n) is 2.65. The Balaban J connectivity index is 1.48. The Morgan fingerprint density at radius 3 is 2.62 bits per heavy atom. The molecule has 2 aromatic carbocycles. The summed E-state index contributed by atoms with van der Waals surface area (Å²) in [5, 5.41) is 4.92. The molecule has 1 aromatic heterocycles. The maximum absolute atomic E-state index is 12.1. The van der Waals surface area contributed by atoms with Gasteiger partial charge in [0, 0.05) is 17.4 Å². The van der Waals surface area contributed by atoms with Crippen LogP contribution < -0.4 is 5.32 Å². The SMILES string of the molecule is CC(=O)c1ccccc1NC(=O)CCCSc1ccc2ccccc2n1. The van der Waals surface area contributed by atoms with Crippen LogP contribution in [0.3, 0.4) is 0 Å². The molecule has 0 unspecified atom stereocenters. The van der Waals surface area contributed by atoms with Crippen molar-refractivity contribution in [1.29, 1.82) is 0 Å². The number of hydrogen-bond donors (Lipinski definition) is 1. The number of anilines is 1. The van der Waals surface area contributed by atoms with E-state index in [0.717, 1.165) is 28.1 Å². The molecule has 0 aliphatic carbocycles. The lowest BCUT2D eigenvalue weighted by molar-refractivity contribution is -0.116. The van der Waals surface area contributed by atoms with Crippen LogP contribution in [0.2, 0.25) is 0 Å². The molecular weight excluding hydrogens is 344 g/mol. The smallest absolute Gasteiger partial charge is 0.224 e. The van der Waals surface area contributed by atoms with Crippen molar-refractivity contribution in [2.45, 2.75) is 24.8 Å². The number of amides is 1. The summed E-state index contributed by atoms with van der Waals surface area (Å²) >= 11 is 1.65. The van der Waals surface area contributed by atoms with Gasteiger partial charge in [-0.25, -0.2) is 4.98 Å². The van der Waals surface area contributed by atoms with Gasteiger partial charge in [-0.05, 0) is 43.4 Å². The van der Waals surface area contributed by atoms with Crippen molar-refractivity contribution in [3.05, 3.63) is 66.2 Å². The minimum Gasteiger partial charge on any atom is -0.325 e. The van der Waals surface area contributed by atoms with E-state index in [1.54, 1.807) is 30.0 Å².